The smallest absolute Gasteiger partial charge is 0.310 e. The Balaban J connectivity index is 0.000000384. The summed E-state index contributed by atoms with van der Waals surface area (Å²) in [5, 5.41) is 18.7. The summed E-state index contributed by atoms with van der Waals surface area (Å²) in [7, 11) is 0. The number of anilines is 1. The van der Waals surface area contributed by atoms with Crippen LogP contribution in [0, 0.1) is 15.5 Å². The molecule has 0 radical (unpaired) electrons. The fourth-order valence-corrected chi connectivity index (χ4v) is 1.16. The van der Waals surface area contributed by atoms with Gasteiger partial charge in [-0.1, -0.05) is 32.4 Å². The number of hydrogen-bond acceptors (Lipinski definition) is 5. The number of carboxylic acid groups (broad SMARTS) is 1. The number of carboxylic acids is 1. The van der Waals surface area contributed by atoms with Crippen molar-refractivity contribution in [2.24, 2.45) is 5.41 Å². The van der Waals surface area contributed by atoms with Crippen molar-refractivity contribution in [2.75, 3.05) is 5.73 Å². The van der Waals surface area contributed by atoms with Gasteiger partial charge in [-0.15, -0.1) is 0 Å². The minimum atomic E-state index is -1.06. The summed E-state index contributed by atoms with van der Waals surface area (Å²) < 4.78 is 0. The van der Waals surface area contributed by atoms with Crippen molar-refractivity contribution in [1.82, 2.24) is 0 Å². The van der Waals surface area contributed by atoms with Crippen LogP contribution in [-0.4, -0.2) is 21.8 Å². The average Bonchev–Trinajstić information content (AvgIpc) is 2.31. The number of nitrogens with two attached hydrogens (primary N) is 1. The van der Waals surface area contributed by atoms with E-state index in [2.05, 4.69) is 0 Å². The molecule has 1 aromatic carbocycles. The summed E-state index contributed by atoms with van der Waals surface area (Å²) in [5.74, 6) is -1.29. The lowest BCUT2D eigenvalue weighted by atomic mass is 9.89. The van der Waals surface area contributed by atoms with Gasteiger partial charge >= 0.3 is 5.97 Å². The van der Waals surface area contributed by atoms with E-state index in [4.69, 9.17) is 22.4 Å². The third-order valence-electron chi connectivity index (χ3n) is 2.34. The number of nitro groups is 1. The molecule has 1 aromatic rings. The van der Waals surface area contributed by atoms with Gasteiger partial charge in [0.2, 0.25) is 0 Å². The maximum Gasteiger partial charge on any atom is 0.310 e. The zero-order chi connectivity index (χ0) is 16.8. The maximum atomic E-state index is 10.9. The Morgan fingerprint density at radius 1 is 1.38 bits per heavy atom. The summed E-state index contributed by atoms with van der Waals surface area (Å²) in [6, 6.07) is 3.93. The van der Waals surface area contributed by atoms with Crippen LogP contribution in [0.3, 0.4) is 0 Å². The normalized spacial score (nSPS) is 10.3. The van der Waals surface area contributed by atoms with E-state index in [1.165, 1.54) is 18.2 Å². The Hall–Kier alpha value is -2.15. The average molecular weight is 317 g/mol. The van der Waals surface area contributed by atoms with Crippen molar-refractivity contribution in [3.63, 3.8) is 0 Å². The van der Waals surface area contributed by atoms with Gasteiger partial charge < -0.3 is 10.8 Å². The number of benzene rings is 1. The molecule has 0 amide bonds. The molecule has 0 spiro atoms. The topological polar surface area (TPSA) is 124 Å². The van der Waals surface area contributed by atoms with Crippen molar-refractivity contribution in [2.45, 2.75) is 27.2 Å². The van der Waals surface area contributed by atoms with E-state index < -0.39 is 16.3 Å². The molecule has 0 fully saturated rings. The van der Waals surface area contributed by atoms with Crippen LogP contribution in [0.1, 0.15) is 27.2 Å². The van der Waals surface area contributed by atoms with E-state index in [1.54, 1.807) is 20.8 Å². The van der Waals surface area contributed by atoms with Gasteiger partial charge in [-0.05, 0) is 6.07 Å². The van der Waals surface area contributed by atoms with Gasteiger partial charge in [0.15, 0.2) is 0 Å². The Labute approximate surface area is 126 Å². The van der Waals surface area contributed by atoms with Gasteiger partial charge in [0.05, 0.1) is 15.6 Å². The molecular formula is C13H17ClN2O5. The minimum absolute atomic E-state index is 0.0492. The number of nitrogen functional groups attached to an aromatic ring is 1. The summed E-state index contributed by atoms with van der Waals surface area (Å²) in [4.78, 5) is 30.6. The first-order valence-electron chi connectivity index (χ1n) is 5.89. The van der Waals surface area contributed by atoms with E-state index in [9.17, 15) is 19.7 Å². The number of nitrogens with zero attached hydrogens (tertiary/aromatic N) is 1. The molecule has 0 bridgehead atoms. The molecule has 0 aromatic heterocycles. The van der Waals surface area contributed by atoms with Gasteiger partial charge in [-0.25, -0.2) is 0 Å². The Morgan fingerprint density at radius 2 is 1.90 bits per heavy atom. The quantitative estimate of drug-likeness (QED) is 0.382. The summed E-state index contributed by atoms with van der Waals surface area (Å²) in [6.07, 6.45) is -0.372. The number of rotatable bonds is 3. The molecule has 0 aliphatic heterocycles. The van der Waals surface area contributed by atoms with Crippen molar-refractivity contribution in [1.29, 1.82) is 0 Å². The number of Topliss-reactive ketones (excluding diaryl/α,β-unsaturated/α-hetero) is 1. The fraction of sp³-hybridized carbons (Fsp3) is 0.385. The van der Waals surface area contributed by atoms with Crippen LogP contribution in [0.15, 0.2) is 18.2 Å². The van der Waals surface area contributed by atoms with Gasteiger partial charge in [0, 0.05) is 17.5 Å². The molecule has 0 saturated heterocycles. The van der Waals surface area contributed by atoms with Gasteiger partial charge in [-0.2, -0.15) is 0 Å². The highest BCUT2D eigenvalue weighted by atomic mass is 35.5. The first-order valence-corrected chi connectivity index (χ1v) is 6.27. The largest absolute Gasteiger partial charge is 0.481 e. The zero-order valence-electron chi connectivity index (χ0n) is 11.9. The second-order valence-corrected chi connectivity index (χ2v) is 5.61. The second-order valence-electron chi connectivity index (χ2n) is 5.21. The molecule has 0 aliphatic carbocycles. The van der Waals surface area contributed by atoms with Crippen LogP contribution in [0.25, 0.3) is 0 Å². The summed E-state index contributed by atoms with van der Waals surface area (Å²) in [5.41, 5.74) is 4.97. The molecule has 0 heterocycles. The van der Waals surface area contributed by atoms with Crippen LogP contribution >= 0.6 is 11.6 Å². The first-order chi connectivity index (χ1) is 9.45. The highest BCUT2D eigenvalue weighted by molar-refractivity contribution is 6.33. The number of nitro benzene ring substituents is 1. The second kappa shape index (κ2) is 7.58. The molecule has 116 valence electrons. The van der Waals surface area contributed by atoms with Crippen molar-refractivity contribution in [3.05, 3.63) is 33.3 Å². The van der Waals surface area contributed by atoms with Gasteiger partial charge in [0.1, 0.15) is 12.2 Å². The minimum Gasteiger partial charge on any atom is -0.481 e. The standard InChI is InChI=1S/C7H12O3.C6H5ClN2O2/c1-7(2,3)5(8)4-6(9)10;7-5-2-1-4(9(10)11)3-6(5)8/h4H2,1-3H3,(H,9,10);1-3H,8H2. The Bertz CT molecular complexity index is 552. The van der Waals surface area contributed by atoms with Crippen LogP contribution in [0.5, 0.6) is 0 Å². The van der Waals surface area contributed by atoms with Crippen LogP contribution in [-0.2, 0) is 9.59 Å². The number of carbonyl (C=O) groups is 2. The molecule has 0 atom stereocenters. The van der Waals surface area contributed by atoms with E-state index in [-0.39, 0.29) is 23.6 Å². The zero-order valence-corrected chi connectivity index (χ0v) is 12.7. The summed E-state index contributed by atoms with van der Waals surface area (Å²) >= 11 is 5.54. The molecule has 0 unspecified atom stereocenters. The molecule has 7 nitrogen and oxygen atoms in total. The molecule has 21 heavy (non-hydrogen) atoms. The van der Waals surface area contributed by atoms with Crippen molar-refractivity contribution in [3.8, 4) is 0 Å². The lowest BCUT2D eigenvalue weighted by Gasteiger charge is -2.14. The SMILES string of the molecule is CC(C)(C)C(=O)CC(=O)O.Nc1cc([N+](=O)[O-])ccc1Cl. The molecule has 3 N–H and O–H groups in total. The van der Waals surface area contributed by atoms with Gasteiger partial charge in [-0.3, -0.25) is 19.7 Å². The highest BCUT2D eigenvalue weighted by Crippen LogP contribution is 2.23. The third kappa shape index (κ3) is 7.26. The molecule has 0 saturated carbocycles. The van der Waals surface area contributed by atoms with E-state index in [1.807, 2.05) is 0 Å². The predicted octanol–water partition coefficient (Wildman–Crippen LogP) is 2.91. The first kappa shape index (κ1) is 18.9. The third-order valence-corrected chi connectivity index (χ3v) is 2.68. The van der Waals surface area contributed by atoms with E-state index >= 15 is 0 Å². The van der Waals surface area contributed by atoms with Crippen LogP contribution in [0.2, 0.25) is 5.02 Å². The maximum absolute atomic E-state index is 10.9. The molecule has 1 rings (SSSR count). The lowest BCUT2D eigenvalue weighted by molar-refractivity contribution is -0.384. The van der Waals surface area contributed by atoms with Gasteiger partial charge in [0.25, 0.3) is 5.69 Å². The number of ketones is 1. The number of non-ortho nitro benzene ring substituents is 1. The number of carbonyl (C=O) groups excluding carboxylic acids is 1. The van der Waals surface area contributed by atoms with E-state index in [0.717, 1.165) is 0 Å². The molecular weight excluding hydrogens is 300 g/mol. The van der Waals surface area contributed by atoms with E-state index in [0.29, 0.717) is 5.02 Å². The van der Waals surface area contributed by atoms with Crippen molar-refractivity contribution >= 4 is 34.7 Å². The highest BCUT2D eigenvalue weighted by Gasteiger charge is 2.22. The number of aliphatic carboxylic acids is 1. The number of halogens is 1. The Morgan fingerprint density at radius 3 is 2.19 bits per heavy atom. The predicted molar refractivity (Wildman–Crippen MR) is 79.2 cm³/mol. The molecule has 8 heteroatoms. The molecule has 0 aliphatic rings. The number of hydrogen-bond donors (Lipinski definition) is 2. The lowest BCUT2D eigenvalue weighted by Crippen LogP contribution is -2.22. The fourth-order valence-electron chi connectivity index (χ4n) is 1.05. The van der Waals surface area contributed by atoms with Crippen LogP contribution in [0.4, 0.5) is 11.4 Å². The Kier molecular flexibility index (Phi) is 6.81. The monoisotopic (exact) mass is 316 g/mol. The van der Waals surface area contributed by atoms with Crippen LogP contribution < -0.4 is 5.73 Å². The van der Waals surface area contributed by atoms with Crippen molar-refractivity contribution < 1.29 is 19.6 Å². The summed E-state index contributed by atoms with van der Waals surface area (Å²) in [6.45, 7) is 5.12.